The second kappa shape index (κ2) is 19.3. The van der Waals surface area contributed by atoms with Gasteiger partial charge in [0.25, 0.3) is 0 Å². The van der Waals surface area contributed by atoms with Gasteiger partial charge in [0.2, 0.25) is 29.5 Å². The molecule has 0 spiro atoms. The number of nitrogens with two attached hydrogens (primary N) is 2. The fourth-order valence-electron chi connectivity index (χ4n) is 4.60. The fourth-order valence-corrected chi connectivity index (χ4v) is 4.60. The van der Waals surface area contributed by atoms with Gasteiger partial charge in [-0.2, -0.15) is 0 Å². The van der Waals surface area contributed by atoms with Gasteiger partial charge in [-0.25, -0.2) is 4.79 Å². The number of hydrogen-bond donors (Lipinski definition) is 8. The van der Waals surface area contributed by atoms with Gasteiger partial charge in [0.1, 0.15) is 43.4 Å². The van der Waals surface area contributed by atoms with Crippen molar-refractivity contribution in [2.45, 2.75) is 83.3 Å². The van der Waals surface area contributed by atoms with Gasteiger partial charge in [0.05, 0.1) is 0 Å². The van der Waals surface area contributed by atoms with Gasteiger partial charge in [0.15, 0.2) is 5.96 Å². The average molecular weight is 676 g/mol. The highest BCUT2D eigenvalue weighted by Gasteiger charge is 2.37. The maximum absolute atomic E-state index is 13.4. The van der Waals surface area contributed by atoms with Crippen molar-refractivity contribution < 1.29 is 43.4 Å². The third-order valence-corrected chi connectivity index (χ3v) is 7.24. The van der Waals surface area contributed by atoms with Gasteiger partial charge in [-0.3, -0.25) is 38.7 Å². The van der Waals surface area contributed by atoms with E-state index >= 15 is 0 Å². The lowest BCUT2D eigenvalue weighted by Crippen LogP contribution is -2.57. The number of nitrogens with one attached hydrogen (secondary N) is 5. The number of carbonyl (C=O) groups is 7. The average Bonchev–Trinajstić information content (AvgIpc) is 3.54. The molecule has 0 radical (unpaired) electrons. The number of carbonyl (C=O) groups excluding carboxylic acids is 6. The van der Waals surface area contributed by atoms with E-state index in [0.29, 0.717) is 25.8 Å². The number of hydrogen-bond acceptors (Lipinski definition) is 9. The second-order valence-electron chi connectivity index (χ2n) is 11.2. The number of nitrogens with zero attached hydrogens (tertiary/aromatic N) is 2. The maximum atomic E-state index is 13.4. The number of aliphatic imine (C=N–C) groups is 1. The van der Waals surface area contributed by atoms with Gasteiger partial charge in [-0.15, -0.1) is 0 Å². The third kappa shape index (κ3) is 13.1. The summed E-state index contributed by atoms with van der Waals surface area (Å²) in [7, 11) is 0. The fraction of sp³-hybridized carbons (Fsp3) is 0.533. The number of amides is 6. The van der Waals surface area contributed by atoms with Crippen LogP contribution in [0.2, 0.25) is 0 Å². The Labute approximate surface area is 277 Å². The molecule has 0 saturated carbocycles. The summed E-state index contributed by atoms with van der Waals surface area (Å²) in [5.41, 5.74) is 11.5. The molecule has 2 rings (SSSR count). The van der Waals surface area contributed by atoms with E-state index in [4.69, 9.17) is 21.3 Å². The van der Waals surface area contributed by atoms with Crippen molar-refractivity contribution in [3.05, 3.63) is 35.9 Å². The van der Waals surface area contributed by atoms with Crippen LogP contribution in [0.4, 0.5) is 4.79 Å². The normalized spacial score (nSPS) is 16.2. The standard InChI is InChI=1S/C30H45N9O9/c1-17(24(42)34-15-23(40)41)35-25(43)18(2)36-26(44)19(3)37-27(45)21(11-7-13-33-29(31)32)38-28(46)22-12-8-14-39(22)30(47)48-16-20-9-5-4-6-10-20/h4-6,9-10,17-19,21-22H,7-8,11-16H2,1-3H3,(H,34,42)(H,35,43)(H,36,44)(H,37,45)(H,38,46)(H,40,41)(H4,31,32,33)/t17-,18-,19-,21-,22-/m0/s1. The molecule has 18 heteroatoms. The van der Waals surface area contributed by atoms with Crippen LogP contribution < -0.4 is 38.1 Å². The molecule has 10 N–H and O–H groups in total. The number of ether oxygens (including phenoxy) is 1. The molecule has 264 valence electrons. The first-order chi connectivity index (χ1) is 22.7. The van der Waals surface area contributed by atoms with E-state index < -0.39 is 78.4 Å². The van der Waals surface area contributed by atoms with E-state index in [0.717, 1.165) is 5.56 Å². The number of likely N-dealkylation sites (tertiary alicyclic amines) is 1. The zero-order valence-corrected chi connectivity index (χ0v) is 27.2. The Morgan fingerprint density at radius 3 is 2.06 bits per heavy atom. The molecule has 1 heterocycles. The number of benzene rings is 1. The smallest absolute Gasteiger partial charge is 0.410 e. The predicted molar refractivity (Wildman–Crippen MR) is 172 cm³/mol. The third-order valence-electron chi connectivity index (χ3n) is 7.24. The number of rotatable bonds is 17. The van der Waals surface area contributed by atoms with Crippen LogP contribution in [0.1, 0.15) is 52.0 Å². The Balaban J connectivity index is 2.00. The minimum atomic E-state index is -1.26. The lowest BCUT2D eigenvalue weighted by molar-refractivity contribution is -0.138. The molecule has 1 fully saturated rings. The highest BCUT2D eigenvalue weighted by atomic mass is 16.6. The van der Waals surface area contributed by atoms with Gasteiger partial charge >= 0.3 is 12.1 Å². The van der Waals surface area contributed by atoms with E-state index in [2.05, 4.69) is 31.6 Å². The van der Waals surface area contributed by atoms with Crippen LogP contribution >= 0.6 is 0 Å². The van der Waals surface area contributed by atoms with Crippen LogP contribution in [0.3, 0.4) is 0 Å². The summed E-state index contributed by atoms with van der Waals surface area (Å²) < 4.78 is 5.40. The molecular formula is C30H45N9O9. The lowest BCUT2D eigenvalue weighted by Gasteiger charge is -2.26. The maximum Gasteiger partial charge on any atom is 0.410 e. The van der Waals surface area contributed by atoms with Gasteiger partial charge in [-0.1, -0.05) is 30.3 Å². The molecule has 0 aliphatic carbocycles. The molecule has 5 atom stereocenters. The van der Waals surface area contributed by atoms with E-state index in [-0.39, 0.29) is 25.5 Å². The molecule has 1 saturated heterocycles. The zero-order valence-electron chi connectivity index (χ0n) is 27.2. The zero-order chi connectivity index (χ0) is 35.8. The Bertz CT molecular complexity index is 1340. The summed E-state index contributed by atoms with van der Waals surface area (Å²) in [5.74, 6) is -4.87. The summed E-state index contributed by atoms with van der Waals surface area (Å²) in [6.45, 7) is 3.93. The summed E-state index contributed by atoms with van der Waals surface area (Å²) in [4.78, 5) is 92.6. The minimum Gasteiger partial charge on any atom is -0.480 e. The summed E-state index contributed by atoms with van der Waals surface area (Å²) in [5, 5.41) is 20.8. The number of carboxylic acids is 1. The molecule has 48 heavy (non-hydrogen) atoms. The van der Waals surface area contributed by atoms with E-state index in [1.165, 1.54) is 25.7 Å². The molecular weight excluding hydrogens is 630 g/mol. The minimum absolute atomic E-state index is 0.0295. The Kier molecular flexibility index (Phi) is 15.6. The number of carboxylic acid groups (broad SMARTS) is 1. The van der Waals surface area contributed by atoms with Crippen molar-refractivity contribution in [3.8, 4) is 0 Å². The summed E-state index contributed by atoms with van der Waals surface area (Å²) >= 11 is 0. The Morgan fingerprint density at radius 2 is 1.48 bits per heavy atom. The first-order valence-corrected chi connectivity index (χ1v) is 15.4. The molecule has 6 amide bonds. The SMILES string of the molecule is C[C@H](NC(=O)[C@H](C)NC(=O)[C@H](C)NC(=O)[C@H](CCCN=C(N)N)NC(=O)[C@@H]1CCCN1C(=O)OCc1ccccc1)C(=O)NCC(=O)O. The predicted octanol–water partition coefficient (Wildman–Crippen LogP) is -1.96. The van der Waals surface area contributed by atoms with Crippen molar-refractivity contribution in [2.24, 2.45) is 16.5 Å². The quantitative estimate of drug-likeness (QED) is 0.0510. The van der Waals surface area contributed by atoms with E-state index in [1.54, 1.807) is 12.1 Å². The van der Waals surface area contributed by atoms with Crippen LogP contribution in [0, 0.1) is 0 Å². The molecule has 1 aliphatic heterocycles. The number of guanidine groups is 1. The summed E-state index contributed by atoms with van der Waals surface area (Å²) in [6, 6.07) is 3.69. The molecule has 1 aromatic rings. The molecule has 1 aromatic carbocycles. The lowest BCUT2D eigenvalue weighted by atomic mass is 10.1. The largest absolute Gasteiger partial charge is 0.480 e. The summed E-state index contributed by atoms with van der Waals surface area (Å²) in [6.07, 6.45) is 0.625. The van der Waals surface area contributed by atoms with Crippen molar-refractivity contribution >= 4 is 47.6 Å². The molecule has 1 aliphatic rings. The van der Waals surface area contributed by atoms with Crippen LogP contribution in [0.15, 0.2) is 35.3 Å². The van der Waals surface area contributed by atoms with Crippen LogP contribution in [0.5, 0.6) is 0 Å². The van der Waals surface area contributed by atoms with Crippen LogP contribution in [0.25, 0.3) is 0 Å². The number of aliphatic carboxylic acids is 1. The second-order valence-corrected chi connectivity index (χ2v) is 11.2. The Hall–Kier alpha value is -5.42. The van der Waals surface area contributed by atoms with Gasteiger partial charge < -0.3 is 47.9 Å². The van der Waals surface area contributed by atoms with Gasteiger partial charge in [0, 0.05) is 13.1 Å². The first-order valence-electron chi connectivity index (χ1n) is 15.4. The van der Waals surface area contributed by atoms with Crippen molar-refractivity contribution in [1.82, 2.24) is 31.5 Å². The van der Waals surface area contributed by atoms with Crippen LogP contribution in [-0.2, 0) is 40.1 Å². The van der Waals surface area contributed by atoms with E-state index in [1.807, 2.05) is 18.2 Å². The topological polar surface area (TPSA) is 277 Å². The molecule has 0 aromatic heterocycles. The van der Waals surface area contributed by atoms with Crippen LogP contribution in [-0.4, -0.2) is 107 Å². The Morgan fingerprint density at radius 1 is 0.896 bits per heavy atom. The van der Waals surface area contributed by atoms with Crippen molar-refractivity contribution in [2.75, 3.05) is 19.6 Å². The molecule has 0 unspecified atom stereocenters. The molecule has 18 nitrogen and oxygen atoms in total. The van der Waals surface area contributed by atoms with Crippen molar-refractivity contribution in [1.29, 1.82) is 0 Å². The highest BCUT2D eigenvalue weighted by molar-refractivity contribution is 5.96. The van der Waals surface area contributed by atoms with E-state index in [9.17, 15) is 33.6 Å². The van der Waals surface area contributed by atoms with Gasteiger partial charge in [-0.05, 0) is 52.0 Å². The monoisotopic (exact) mass is 675 g/mol. The highest BCUT2D eigenvalue weighted by Crippen LogP contribution is 2.19. The molecule has 0 bridgehead atoms. The van der Waals surface area contributed by atoms with Crippen molar-refractivity contribution in [3.63, 3.8) is 0 Å². The first kappa shape index (κ1) is 38.8.